The normalized spacial score (nSPS) is 17.4. The standard InChI is InChI=1S/C22H25N3OS/c1-24-9-7-15-3-4-17(11-16(15)13-24)23-18-5-6-21-19(12-18)20-14-27-26-10-8-22(20)25(21)2/h3-6,11-12,23H,7-10,13-14H2,1-2H3. The average molecular weight is 380 g/mol. The second-order valence-electron chi connectivity index (χ2n) is 7.65. The van der Waals surface area contributed by atoms with Crippen molar-refractivity contribution in [2.24, 2.45) is 7.05 Å². The minimum atomic E-state index is 0.788. The zero-order chi connectivity index (χ0) is 18.4. The van der Waals surface area contributed by atoms with Crippen LogP contribution in [0.2, 0.25) is 0 Å². The third-order valence-electron chi connectivity index (χ3n) is 5.84. The van der Waals surface area contributed by atoms with Gasteiger partial charge in [0.1, 0.15) is 0 Å². The van der Waals surface area contributed by atoms with Crippen molar-refractivity contribution in [2.75, 3.05) is 25.5 Å². The van der Waals surface area contributed by atoms with Crippen molar-refractivity contribution in [3.63, 3.8) is 0 Å². The largest absolute Gasteiger partial charge is 0.355 e. The Balaban J connectivity index is 1.49. The number of hydrogen-bond acceptors (Lipinski definition) is 4. The molecule has 0 spiro atoms. The van der Waals surface area contributed by atoms with Crippen molar-refractivity contribution in [1.29, 1.82) is 0 Å². The maximum atomic E-state index is 5.61. The van der Waals surface area contributed by atoms with Gasteiger partial charge in [-0.1, -0.05) is 6.07 Å². The van der Waals surface area contributed by atoms with Crippen molar-refractivity contribution in [1.82, 2.24) is 9.47 Å². The Kier molecular flexibility index (Phi) is 4.38. The van der Waals surface area contributed by atoms with Crippen LogP contribution >= 0.6 is 12.0 Å². The Morgan fingerprint density at radius 2 is 1.85 bits per heavy atom. The summed E-state index contributed by atoms with van der Waals surface area (Å²) in [6.07, 6.45) is 2.13. The second kappa shape index (κ2) is 6.89. The molecule has 3 heterocycles. The number of likely N-dealkylation sites (N-methyl/N-ethyl adjacent to an activating group) is 1. The van der Waals surface area contributed by atoms with Gasteiger partial charge in [-0.15, -0.1) is 0 Å². The molecule has 0 radical (unpaired) electrons. The molecular weight excluding hydrogens is 354 g/mol. The van der Waals surface area contributed by atoms with E-state index in [2.05, 4.69) is 65.3 Å². The van der Waals surface area contributed by atoms with Gasteiger partial charge in [0.25, 0.3) is 0 Å². The topological polar surface area (TPSA) is 29.4 Å². The van der Waals surface area contributed by atoms with E-state index < -0.39 is 0 Å². The van der Waals surface area contributed by atoms with Crippen LogP contribution in [0.3, 0.4) is 0 Å². The van der Waals surface area contributed by atoms with Crippen molar-refractivity contribution >= 4 is 34.3 Å². The molecule has 2 aliphatic heterocycles. The van der Waals surface area contributed by atoms with Gasteiger partial charge in [-0.2, -0.15) is 0 Å². The molecular formula is C22H25N3OS. The minimum Gasteiger partial charge on any atom is -0.355 e. The number of nitrogens with one attached hydrogen (secondary N) is 1. The fraction of sp³-hybridized carbons (Fsp3) is 0.364. The van der Waals surface area contributed by atoms with Gasteiger partial charge in [0.2, 0.25) is 0 Å². The van der Waals surface area contributed by atoms with E-state index in [1.165, 1.54) is 39.0 Å². The van der Waals surface area contributed by atoms with E-state index in [1.807, 2.05) is 0 Å². The van der Waals surface area contributed by atoms with Crippen LogP contribution in [-0.4, -0.2) is 29.7 Å². The van der Waals surface area contributed by atoms with Crippen molar-refractivity contribution in [3.8, 4) is 0 Å². The van der Waals surface area contributed by atoms with Crippen molar-refractivity contribution in [3.05, 3.63) is 58.8 Å². The number of hydrogen-bond donors (Lipinski definition) is 1. The molecule has 3 aromatic rings. The molecule has 0 fully saturated rings. The fourth-order valence-electron chi connectivity index (χ4n) is 4.37. The molecule has 1 N–H and O–H groups in total. The molecule has 5 heteroatoms. The Morgan fingerprint density at radius 1 is 1.00 bits per heavy atom. The molecule has 0 amide bonds. The first-order valence-electron chi connectivity index (χ1n) is 9.61. The summed E-state index contributed by atoms with van der Waals surface area (Å²) in [5.41, 5.74) is 9.38. The van der Waals surface area contributed by atoms with Crippen LogP contribution < -0.4 is 5.32 Å². The van der Waals surface area contributed by atoms with E-state index in [-0.39, 0.29) is 0 Å². The number of aromatic nitrogens is 1. The highest BCUT2D eigenvalue weighted by atomic mass is 32.2. The molecule has 0 atom stereocenters. The molecule has 4 nitrogen and oxygen atoms in total. The molecule has 0 saturated heterocycles. The smallest absolute Gasteiger partial charge is 0.0668 e. The monoisotopic (exact) mass is 379 g/mol. The maximum Gasteiger partial charge on any atom is 0.0668 e. The van der Waals surface area contributed by atoms with Gasteiger partial charge in [0.15, 0.2) is 0 Å². The summed E-state index contributed by atoms with van der Waals surface area (Å²) in [5, 5.41) is 4.97. The van der Waals surface area contributed by atoms with E-state index >= 15 is 0 Å². The Bertz CT molecular complexity index is 1010. The number of benzene rings is 2. The molecule has 0 saturated carbocycles. The second-order valence-corrected chi connectivity index (χ2v) is 8.41. The number of fused-ring (bicyclic) bond motifs is 4. The van der Waals surface area contributed by atoms with Crippen LogP contribution in [0.5, 0.6) is 0 Å². The molecule has 2 aliphatic rings. The predicted octanol–water partition coefficient (Wildman–Crippen LogP) is 4.63. The third-order valence-corrected chi connectivity index (χ3v) is 6.58. The van der Waals surface area contributed by atoms with Gasteiger partial charge < -0.3 is 19.0 Å². The van der Waals surface area contributed by atoms with Crippen LogP contribution in [0.4, 0.5) is 11.4 Å². The zero-order valence-corrected chi connectivity index (χ0v) is 16.7. The van der Waals surface area contributed by atoms with Crippen LogP contribution in [0.25, 0.3) is 10.9 Å². The van der Waals surface area contributed by atoms with Gasteiger partial charge in [-0.3, -0.25) is 0 Å². The fourth-order valence-corrected chi connectivity index (χ4v) is 5.10. The summed E-state index contributed by atoms with van der Waals surface area (Å²) in [5.74, 6) is 0.918. The predicted molar refractivity (Wildman–Crippen MR) is 114 cm³/mol. The summed E-state index contributed by atoms with van der Waals surface area (Å²) in [4.78, 5) is 2.39. The number of aryl methyl sites for hydroxylation is 1. The first kappa shape index (κ1) is 17.2. The summed E-state index contributed by atoms with van der Waals surface area (Å²) in [6, 6.07) is 13.5. The lowest BCUT2D eigenvalue weighted by molar-refractivity contribution is 0.313. The van der Waals surface area contributed by atoms with Gasteiger partial charge in [0.05, 0.1) is 6.61 Å². The number of nitrogens with zero attached hydrogens (tertiary/aromatic N) is 2. The number of rotatable bonds is 2. The van der Waals surface area contributed by atoms with Crippen LogP contribution in [0.15, 0.2) is 36.4 Å². The first-order valence-corrected chi connectivity index (χ1v) is 10.5. The average Bonchev–Trinajstić information content (AvgIpc) is 2.83. The summed E-state index contributed by atoms with van der Waals surface area (Å²) >= 11 is 1.57. The van der Waals surface area contributed by atoms with Gasteiger partial charge in [-0.05, 0) is 72.5 Å². The highest BCUT2D eigenvalue weighted by Gasteiger charge is 2.18. The van der Waals surface area contributed by atoms with Crippen molar-refractivity contribution in [2.45, 2.75) is 25.1 Å². The Hall–Kier alpha value is -1.95. The Morgan fingerprint density at radius 3 is 2.78 bits per heavy atom. The molecule has 140 valence electrons. The van der Waals surface area contributed by atoms with Crippen LogP contribution in [0.1, 0.15) is 22.4 Å². The lowest BCUT2D eigenvalue weighted by Crippen LogP contribution is -2.26. The highest BCUT2D eigenvalue weighted by molar-refractivity contribution is 7.93. The molecule has 0 aliphatic carbocycles. The molecule has 0 bridgehead atoms. The van der Waals surface area contributed by atoms with E-state index in [9.17, 15) is 0 Å². The van der Waals surface area contributed by atoms with E-state index in [0.29, 0.717) is 0 Å². The SMILES string of the molecule is CN1CCc2ccc(Nc3ccc4c(c3)c3c(n4C)CCOSC3)cc2C1. The van der Waals surface area contributed by atoms with Crippen LogP contribution in [0, 0.1) is 0 Å². The summed E-state index contributed by atoms with van der Waals surface area (Å²) in [7, 11) is 4.37. The van der Waals surface area contributed by atoms with Gasteiger partial charge in [-0.25, -0.2) is 0 Å². The quantitative estimate of drug-likeness (QED) is 0.658. The highest BCUT2D eigenvalue weighted by Crippen LogP contribution is 2.34. The number of anilines is 2. The molecule has 0 unspecified atom stereocenters. The maximum absolute atomic E-state index is 5.61. The molecule has 2 aromatic carbocycles. The van der Waals surface area contributed by atoms with Crippen LogP contribution in [-0.2, 0) is 36.4 Å². The van der Waals surface area contributed by atoms with Gasteiger partial charge in [0, 0.05) is 60.3 Å². The summed E-state index contributed by atoms with van der Waals surface area (Å²) < 4.78 is 7.94. The first-order chi connectivity index (χ1) is 13.2. The van der Waals surface area contributed by atoms with Crippen molar-refractivity contribution < 1.29 is 4.18 Å². The molecule has 27 heavy (non-hydrogen) atoms. The minimum absolute atomic E-state index is 0.788. The van der Waals surface area contributed by atoms with E-state index in [0.717, 1.165) is 44.0 Å². The van der Waals surface area contributed by atoms with E-state index in [4.69, 9.17) is 4.18 Å². The molecule has 1 aromatic heterocycles. The Labute approximate surface area is 164 Å². The van der Waals surface area contributed by atoms with Gasteiger partial charge >= 0.3 is 0 Å². The zero-order valence-electron chi connectivity index (χ0n) is 15.9. The lowest BCUT2D eigenvalue weighted by atomic mass is 9.99. The van der Waals surface area contributed by atoms with E-state index in [1.54, 1.807) is 12.0 Å². The lowest BCUT2D eigenvalue weighted by Gasteiger charge is -2.25. The summed E-state index contributed by atoms with van der Waals surface area (Å²) in [6.45, 7) is 2.97. The molecule has 5 rings (SSSR count). The third kappa shape index (κ3) is 3.14.